The number of carbonyl (C=O) groups is 1. The molecule has 22 heavy (non-hydrogen) atoms. The summed E-state index contributed by atoms with van der Waals surface area (Å²) in [6.07, 6.45) is 6.44. The third-order valence-electron chi connectivity index (χ3n) is 3.77. The van der Waals surface area contributed by atoms with Crippen molar-refractivity contribution in [2.75, 3.05) is 17.1 Å². The number of hydrogen-bond acceptors (Lipinski definition) is 3. The molecule has 0 radical (unpaired) electrons. The van der Waals surface area contributed by atoms with Gasteiger partial charge in [0.15, 0.2) is 0 Å². The average molecular weight is 345 g/mol. The molecule has 1 aromatic rings. The molecular formula is C15H21ClN2O3S. The third kappa shape index (κ3) is 4.88. The molecule has 0 unspecified atom stereocenters. The normalized spacial score (nSPS) is 16.3. The molecule has 2 rings (SSSR count). The number of amides is 1. The number of sulfonamides is 1. The van der Waals surface area contributed by atoms with E-state index >= 15 is 0 Å². The van der Waals surface area contributed by atoms with Crippen molar-refractivity contribution in [3.05, 3.63) is 29.3 Å². The van der Waals surface area contributed by atoms with Crippen LogP contribution in [0.4, 0.5) is 5.69 Å². The molecule has 0 aliphatic heterocycles. The van der Waals surface area contributed by atoms with Gasteiger partial charge in [0, 0.05) is 11.1 Å². The number of anilines is 1. The summed E-state index contributed by atoms with van der Waals surface area (Å²) in [6, 6.07) is 6.56. The van der Waals surface area contributed by atoms with E-state index in [1.165, 1.54) is 6.42 Å². The van der Waals surface area contributed by atoms with Gasteiger partial charge in [-0.3, -0.25) is 9.10 Å². The number of benzene rings is 1. The van der Waals surface area contributed by atoms with Crippen LogP contribution in [0.2, 0.25) is 5.02 Å². The standard InChI is InChI=1S/C15H21ClN2O3S/c1-22(20,21)18(14-9-7-12(16)8-10-14)11-15(19)17-13-5-3-2-4-6-13/h7-10,13H,2-6,11H2,1H3,(H,17,19). The Morgan fingerprint density at radius 2 is 1.82 bits per heavy atom. The minimum absolute atomic E-state index is 0.160. The molecule has 0 bridgehead atoms. The molecule has 0 saturated heterocycles. The molecular weight excluding hydrogens is 324 g/mol. The van der Waals surface area contributed by atoms with E-state index in [9.17, 15) is 13.2 Å². The van der Waals surface area contributed by atoms with E-state index in [2.05, 4.69) is 5.32 Å². The van der Waals surface area contributed by atoms with Crippen molar-refractivity contribution in [1.82, 2.24) is 5.32 Å². The first-order valence-corrected chi connectivity index (χ1v) is 9.61. The Hall–Kier alpha value is -1.27. The Balaban J connectivity index is 2.06. The lowest BCUT2D eigenvalue weighted by atomic mass is 9.95. The van der Waals surface area contributed by atoms with Crippen LogP contribution in [0.5, 0.6) is 0 Å². The molecule has 122 valence electrons. The topological polar surface area (TPSA) is 66.5 Å². The summed E-state index contributed by atoms with van der Waals surface area (Å²) in [7, 11) is -3.54. The van der Waals surface area contributed by atoms with Crippen LogP contribution in [-0.2, 0) is 14.8 Å². The molecule has 5 nitrogen and oxygen atoms in total. The summed E-state index contributed by atoms with van der Waals surface area (Å²) in [5.41, 5.74) is 0.436. The highest BCUT2D eigenvalue weighted by molar-refractivity contribution is 7.92. The second-order valence-electron chi connectivity index (χ2n) is 5.65. The second-order valence-corrected chi connectivity index (χ2v) is 7.99. The van der Waals surface area contributed by atoms with Gasteiger partial charge < -0.3 is 5.32 Å². The number of carbonyl (C=O) groups excluding carboxylic acids is 1. The molecule has 1 aliphatic carbocycles. The van der Waals surface area contributed by atoms with Crippen LogP contribution in [0, 0.1) is 0 Å². The van der Waals surface area contributed by atoms with E-state index in [0.29, 0.717) is 10.7 Å². The Labute approximate surface area is 136 Å². The van der Waals surface area contributed by atoms with Gasteiger partial charge in [-0.05, 0) is 37.1 Å². The summed E-state index contributed by atoms with van der Waals surface area (Å²) >= 11 is 5.82. The van der Waals surface area contributed by atoms with E-state index in [4.69, 9.17) is 11.6 Å². The molecule has 7 heteroatoms. The van der Waals surface area contributed by atoms with Crippen molar-refractivity contribution in [1.29, 1.82) is 0 Å². The van der Waals surface area contributed by atoms with Crippen molar-refractivity contribution in [2.45, 2.75) is 38.1 Å². The monoisotopic (exact) mass is 344 g/mol. The quantitative estimate of drug-likeness (QED) is 0.892. The number of hydrogen-bond donors (Lipinski definition) is 1. The summed E-state index contributed by atoms with van der Waals surface area (Å²) < 4.78 is 25.0. The Morgan fingerprint density at radius 1 is 1.23 bits per heavy atom. The highest BCUT2D eigenvalue weighted by Gasteiger charge is 2.23. The molecule has 1 saturated carbocycles. The lowest BCUT2D eigenvalue weighted by Gasteiger charge is -2.26. The molecule has 1 N–H and O–H groups in total. The van der Waals surface area contributed by atoms with Crippen LogP contribution < -0.4 is 9.62 Å². The molecule has 0 heterocycles. The van der Waals surface area contributed by atoms with Crippen molar-refractivity contribution in [2.24, 2.45) is 0 Å². The predicted octanol–water partition coefficient (Wildman–Crippen LogP) is 2.55. The van der Waals surface area contributed by atoms with E-state index in [0.717, 1.165) is 36.2 Å². The first-order valence-electron chi connectivity index (χ1n) is 7.39. The molecule has 1 aliphatic rings. The molecule has 0 aromatic heterocycles. The first kappa shape index (κ1) is 17.1. The highest BCUT2D eigenvalue weighted by atomic mass is 35.5. The van der Waals surface area contributed by atoms with Crippen molar-refractivity contribution in [3.63, 3.8) is 0 Å². The molecule has 1 amide bonds. The Kier molecular flexibility index (Phi) is 5.69. The maximum absolute atomic E-state index is 12.2. The zero-order chi connectivity index (χ0) is 16.2. The minimum atomic E-state index is -3.54. The predicted molar refractivity (Wildman–Crippen MR) is 88.7 cm³/mol. The molecule has 0 spiro atoms. The van der Waals surface area contributed by atoms with Crippen molar-refractivity contribution in [3.8, 4) is 0 Å². The van der Waals surface area contributed by atoms with Crippen molar-refractivity contribution < 1.29 is 13.2 Å². The van der Waals surface area contributed by atoms with Crippen LogP contribution in [0.1, 0.15) is 32.1 Å². The van der Waals surface area contributed by atoms with Gasteiger partial charge in [-0.15, -0.1) is 0 Å². The van der Waals surface area contributed by atoms with Gasteiger partial charge in [0.25, 0.3) is 0 Å². The number of nitrogens with zero attached hydrogens (tertiary/aromatic N) is 1. The molecule has 1 fully saturated rings. The summed E-state index contributed by atoms with van der Waals surface area (Å²) in [4.78, 5) is 12.2. The SMILES string of the molecule is CS(=O)(=O)N(CC(=O)NC1CCCCC1)c1ccc(Cl)cc1. The second kappa shape index (κ2) is 7.33. The summed E-state index contributed by atoms with van der Waals surface area (Å²) in [5, 5.41) is 3.45. The Bertz CT molecular complexity index is 610. The fourth-order valence-electron chi connectivity index (χ4n) is 2.66. The zero-order valence-corrected chi connectivity index (χ0v) is 14.2. The van der Waals surface area contributed by atoms with Gasteiger partial charge in [0.05, 0.1) is 11.9 Å². The van der Waals surface area contributed by atoms with Gasteiger partial charge in [-0.1, -0.05) is 30.9 Å². The van der Waals surface area contributed by atoms with E-state index in [-0.39, 0.29) is 18.5 Å². The lowest BCUT2D eigenvalue weighted by molar-refractivity contribution is -0.120. The van der Waals surface area contributed by atoms with Gasteiger partial charge in [-0.2, -0.15) is 0 Å². The lowest BCUT2D eigenvalue weighted by Crippen LogP contribution is -2.44. The van der Waals surface area contributed by atoms with E-state index < -0.39 is 10.0 Å². The number of halogens is 1. The van der Waals surface area contributed by atoms with Crippen LogP contribution in [-0.4, -0.2) is 33.2 Å². The van der Waals surface area contributed by atoms with Gasteiger partial charge in [-0.25, -0.2) is 8.42 Å². The van der Waals surface area contributed by atoms with Crippen LogP contribution in [0.3, 0.4) is 0 Å². The third-order valence-corrected chi connectivity index (χ3v) is 5.16. The van der Waals surface area contributed by atoms with Gasteiger partial charge >= 0.3 is 0 Å². The van der Waals surface area contributed by atoms with Crippen LogP contribution >= 0.6 is 11.6 Å². The van der Waals surface area contributed by atoms with Gasteiger partial charge in [0.2, 0.25) is 15.9 Å². The maximum Gasteiger partial charge on any atom is 0.240 e. The van der Waals surface area contributed by atoms with Crippen LogP contribution in [0.25, 0.3) is 0 Å². The zero-order valence-electron chi connectivity index (χ0n) is 12.6. The largest absolute Gasteiger partial charge is 0.352 e. The minimum Gasteiger partial charge on any atom is -0.352 e. The number of rotatable bonds is 5. The average Bonchev–Trinajstić information content (AvgIpc) is 2.46. The fourth-order valence-corrected chi connectivity index (χ4v) is 3.64. The fraction of sp³-hybridized carbons (Fsp3) is 0.533. The number of nitrogens with one attached hydrogen (secondary N) is 1. The first-order chi connectivity index (χ1) is 10.4. The van der Waals surface area contributed by atoms with Crippen LogP contribution in [0.15, 0.2) is 24.3 Å². The molecule has 1 aromatic carbocycles. The highest BCUT2D eigenvalue weighted by Crippen LogP contribution is 2.21. The Morgan fingerprint density at radius 3 is 2.36 bits per heavy atom. The van der Waals surface area contributed by atoms with Gasteiger partial charge in [0.1, 0.15) is 6.54 Å². The maximum atomic E-state index is 12.2. The van der Waals surface area contributed by atoms with Crippen molar-refractivity contribution >= 4 is 33.2 Å². The van der Waals surface area contributed by atoms with E-state index in [1.807, 2.05) is 0 Å². The molecule has 0 atom stereocenters. The summed E-state index contributed by atoms with van der Waals surface area (Å²) in [6.45, 7) is -0.211. The van der Waals surface area contributed by atoms with E-state index in [1.54, 1.807) is 24.3 Å². The summed E-state index contributed by atoms with van der Waals surface area (Å²) in [5.74, 6) is -0.271. The smallest absolute Gasteiger partial charge is 0.240 e.